The smallest absolute Gasteiger partial charge is 0.283 e. The van der Waals surface area contributed by atoms with E-state index in [1.165, 1.54) is 0 Å². The molecule has 1 atom stereocenters. The zero-order valence-electron chi connectivity index (χ0n) is 6.46. The van der Waals surface area contributed by atoms with Gasteiger partial charge in [-0.05, 0) is 6.42 Å². The third-order valence-electron chi connectivity index (χ3n) is 1.31. The van der Waals surface area contributed by atoms with Crippen LogP contribution in [0, 0.1) is 0 Å². The maximum Gasteiger partial charge on any atom is 0.456 e. The molecule has 0 saturated heterocycles. The van der Waals surface area contributed by atoms with Crippen molar-refractivity contribution in [3.8, 4) is 0 Å². The number of hydrogen-bond acceptors (Lipinski definition) is 1. The van der Waals surface area contributed by atoms with E-state index >= 15 is 0 Å². The Balaban J connectivity index is 4.74. The third kappa shape index (κ3) is 2.60. The van der Waals surface area contributed by atoms with Crippen molar-refractivity contribution < 1.29 is 31.1 Å². The maximum absolute atomic E-state index is 12.3. The van der Waals surface area contributed by atoms with Gasteiger partial charge in [0.15, 0.2) is 6.17 Å². The number of ketones is 1. The first kappa shape index (κ1) is 12.2. The highest BCUT2D eigenvalue weighted by Gasteiger charge is 2.58. The molecule has 0 aromatic heterocycles. The molecule has 78 valence electrons. The fraction of sp³-hybridized carbons (Fsp3) is 0.833. The first-order valence-corrected chi connectivity index (χ1v) is 3.27. The van der Waals surface area contributed by atoms with Crippen LogP contribution in [0.1, 0.15) is 13.3 Å². The second-order valence-electron chi connectivity index (χ2n) is 2.33. The molecule has 0 heterocycles. The summed E-state index contributed by atoms with van der Waals surface area (Å²) in [7, 11) is 0. The minimum Gasteiger partial charge on any atom is -0.283 e. The van der Waals surface area contributed by atoms with Crippen LogP contribution in [0.4, 0.5) is 26.3 Å². The molecular formula is C6H6F6O. The minimum atomic E-state index is -5.71. The summed E-state index contributed by atoms with van der Waals surface area (Å²) < 4.78 is 71.1. The van der Waals surface area contributed by atoms with E-state index in [2.05, 4.69) is 0 Å². The molecule has 7 heteroatoms. The molecule has 13 heavy (non-hydrogen) atoms. The number of carbonyl (C=O) groups excluding carboxylic acids is 1. The maximum atomic E-state index is 12.3. The fourth-order valence-electron chi connectivity index (χ4n) is 0.588. The molecule has 0 radical (unpaired) electrons. The molecule has 0 fully saturated rings. The van der Waals surface area contributed by atoms with Crippen molar-refractivity contribution in [1.29, 1.82) is 0 Å². The van der Waals surface area contributed by atoms with Crippen LogP contribution in [-0.4, -0.2) is 24.1 Å². The van der Waals surface area contributed by atoms with Gasteiger partial charge in [-0.2, -0.15) is 22.0 Å². The number of hydrogen-bond donors (Lipinski definition) is 0. The van der Waals surface area contributed by atoms with E-state index in [1.807, 2.05) is 0 Å². The van der Waals surface area contributed by atoms with Gasteiger partial charge in [-0.3, -0.25) is 4.79 Å². The third-order valence-corrected chi connectivity index (χ3v) is 1.31. The Morgan fingerprint density at radius 2 is 1.62 bits per heavy atom. The van der Waals surface area contributed by atoms with Gasteiger partial charge < -0.3 is 0 Å². The SMILES string of the molecule is CCC(F)C(F)(F)C(=O)C(F)(F)F. The van der Waals surface area contributed by atoms with E-state index in [1.54, 1.807) is 0 Å². The molecule has 0 amide bonds. The molecule has 1 unspecified atom stereocenters. The molecule has 1 nitrogen and oxygen atoms in total. The van der Waals surface area contributed by atoms with Gasteiger partial charge in [-0.25, -0.2) is 4.39 Å². The van der Waals surface area contributed by atoms with Crippen molar-refractivity contribution in [2.45, 2.75) is 31.6 Å². The molecule has 0 rings (SSSR count). The van der Waals surface area contributed by atoms with Gasteiger partial charge in [0.05, 0.1) is 0 Å². The van der Waals surface area contributed by atoms with Crippen LogP contribution in [0.2, 0.25) is 0 Å². The molecule has 0 aliphatic carbocycles. The molecule has 0 aliphatic heterocycles. The van der Waals surface area contributed by atoms with Crippen molar-refractivity contribution >= 4 is 5.78 Å². The zero-order chi connectivity index (χ0) is 10.9. The fourth-order valence-corrected chi connectivity index (χ4v) is 0.588. The normalized spacial score (nSPS) is 15.6. The molecule has 0 N–H and O–H groups in total. The lowest BCUT2D eigenvalue weighted by atomic mass is 10.1. The Bertz CT molecular complexity index is 196. The molecule has 0 aromatic carbocycles. The summed E-state index contributed by atoms with van der Waals surface area (Å²) in [6.45, 7) is 0.919. The molecule has 0 saturated carbocycles. The van der Waals surface area contributed by atoms with Crippen LogP contribution >= 0.6 is 0 Å². The number of rotatable bonds is 3. The first-order valence-electron chi connectivity index (χ1n) is 3.27. The first-order chi connectivity index (χ1) is 5.64. The van der Waals surface area contributed by atoms with Gasteiger partial charge in [-0.1, -0.05) is 6.92 Å². The standard InChI is InChI=1S/C6H6F6O/c1-2-3(7)5(8,9)4(13)6(10,11)12/h3H,2H2,1H3. The Hall–Kier alpha value is -0.750. The summed E-state index contributed by atoms with van der Waals surface area (Å²) in [5.41, 5.74) is 0. The quantitative estimate of drug-likeness (QED) is 0.651. The topological polar surface area (TPSA) is 17.1 Å². The summed E-state index contributed by atoms with van der Waals surface area (Å²) in [5.74, 6) is -8.32. The number of carbonyl (C=O) groups is 1. The number of alkyl halides is 6. The summed E-state index contributed by atoms with van der Waals surface area (Å²) in [6.07, 6.45) is -9.65. The van der Waals surface area contributed by atoms with E-state index in [0.29, 0.717) is 0 Å². The van der Waals surface area contributed by atoms with Crippen molar-refractivity contribution in [2.24, 2.45) is 0 Å². The highest BCUT2D eigenvalue weighted by molar-refractivity contribution is 5.91. The molecule has 0 spiro atoms. The average Bonchev–Trinajstić information content (AvgIpc) is 1.99. The molecular weight excluding hydrogens is 202 g/mol. The number of halogens is 6. The highest BCUT2D eigenvalue weighted by Crippen LogP contribution is 2.32. The van der Waals surface area contributed by atoms with Crippen LogP contribution in [-0.2, 0) is 4.79 Å². The van der Waals surface area contributed by atoms with Gasteiger partial charge in [0.1, 0.15) is 0 Å². The monoisotopic (exact) mass is 208 g/mol. The largest absolute Gasteiger partial charge is 0.456 e. The Kier molecular flexibility index (Phi) is 3.34. The van der Waals surface area contributed by atoms with Crippen LogP contribution < -0.4 is 0 Å². The molecule has 0 aliphatic rings. The van der Waals surface area contributed by atoms with E-state index in [0.717, 1.165) is 6.92 Å². The van der Waals surface area contributed by atoms with Crippen LogP contribution in [0.25, 0.3) is 0 Å². The summed E-state index contributed by atoms with van der Waals surface area (Å²) in [6, 6.07) is 0. The van der Waals surface area contributed by atoms with Gasteiger partial charge in [0.2, 0.25) is 0 Å². The number of Topliss-reactive ketones (excluding diaryl/α,β-unsaturated/α-hetero) is 1. The van der Waals surface area contributed by atoms with Crippen molar-refractivity contribution in [2.75, 3.05) is 0 Å². The predicted octanol–water partition coefficient (Wildman–Crippen LogP) is 2.50. The summed E-state index contributed by atoms with van der Waals surface area (Å²) in [4.78, 5) is 9.97. The van der Waals surface area contributed by atoms with Gasteiger partial charge in [-0.15, -0.1) is 0 Å². The van der Waals surface area contributed by atoms with Crippen molar-refractivity contribution in [1.82, 2.24) is 0 Å². The second-order valence-corrected chi connectivity index (χ2v) is 2.33. The Labute approximate surface area is 69.7 Å². The summed E-state index contributed by atoms with van der Waals surface area (Å²) >= 11 is 0. The summed E-state index contributed by atoms with van der Waals surface area (Å²) in [5, 5.41) is 0. The van der Waals surface area contributed by atoms with E-state index in [9.17, 15) is 31.1 Å². The Morgan fingerprint density at radius 3 is 1.85 bits per heavy atom. The van der Waals surface area contributed by atoms with E-state index < -0.39 is 30.5 Å². The van der Waals surface area contributed by atoms with Crippen molar-refractivity contribution in [3.63, 3.8) is 0 Å². The Morgan fingerprint density at radius 1 is 1.23 bits per heavy atom. The lowest BCUT2D eigenvalue weighted by Gasteiger charge is -2.18. The van der Waals surface area contributed by atoms with Crippen LogP contribution in [0.15, 0.2) is 0 Å². The van der Waals surface area contributed by atoms with Gasteiger partial charge in [0.25, 0.3) is 0 Å². The van der Waals surface area contributed by atoms with E-state index in [-0.39, 0.29) is 0 Å². The van der Waals surface area contributed by atoms with E-state index in [4.69, 9.17) is 0 Å². The lowest BCUT2D eigenvalue weighted by Crippen LogP contribution is -2.46. The predicted molar refractivity (Wildman–Crippen MR) is 31.2 cm³/mol. The van der Waals surface area contributed by atoms with Crippen LogP contribution in [0.5, 0.6) is 0 Å². The van der Waals surface area contributed by atoms with Crippen LogP contribution in [0.3, 0.4) is 0 Å². The van der Waals surface area contributed by atoms with Gasteiger partial charge in [0, 0.05) is 0 Å². The second kappa shape index (κ2) is 3.55. The highest BCUT2D eigenvalue weighted by atomic mass is 19.4. The minimum absolute atomic E-state index is 0.852. The van der Waals surface area contributed by atoms with Crippen molar-refractivity contribution in [3.05, 3.63) is 0 Å². The average molecular weight is 208 g/mol. The van der Waals surface area contributed by atoms with Gasteiger partial charge >= 0.3 is 17.9 Å². The zero-order valence-corrected chi connectivity index (χ0v) is 6.46. The lowest BCUT2D eigenvalue weighted by molar-refractivity contribution is -0.203. The molecule has 0 bridgehead atoms. The molecule has 0 aromatic rings.